The molecule has 0 aliphatic carbocycles. The van der Waals surface area contributed by atoms with Gasteiger partial charge < -0.3 is 19.4 Å². The highest BCUT2D eigenvalue weighted by molar-refractivity contribution is 6.06. The lowest BCUT2D eigenvalue weighted by atomic mass is 9.89. The highest BCUT2D eigenvalue weighted by Gasteiger charge is 2.27. The van der Waals surface area contributed by atoms with Gasteiger partial charge in [0.05, 0.1) is 14.2 Å². The van der Waals surface area contributed by atoms with Crippen LogP contribution in [0.3, 0.4) is 0 Å². The van der Waals surface area contributed by atoms with Crippen LogP contribution >= 0.6 is 0 Å². The Morgan fingerprint density at radius 2 is 1.11 bits per heavy atom. The minimum absolute atomic E-state index is 0.424. The van der Waals surface area contributed by atoms with Crippen LogP contribution in [0.1, 0.15) is 0 Å². The third-order valence-corrected chi connectivity index (χ3v) is 5.23. The normalized spacial score (nSPS) is 11.5. The molecule has 28 heavy (non-hydrogen) atoms. The summed E-state index contributed by atoms with van der Waals surface area (Å²) in [6, 6.07) is 11.2. The minimum atomic E-state index is -0.476. The number of hydrogen-bond donors (Lipinski definition) is 2. The molecular weight excluding hydrogens is 356 g/mol. The largest absolute Gasteiger partial charge is 0.497 e. The Hall–Kier alpha value is -3.80. The van der Waals surface area contributed by atoms with Crippen molar-refractivity contribution in [2.45, 2.75) is 0 Å². The Morgan fingerprint density at radius 1 is 0.679 bits per heavy atom. The first kappa shape index (κ1) is 16.4. The summed E-state index contributed by atoms with van der Waals surface area (Å²) in [4.78, 5) is 31.4. The standard InChI is InChI=1S/C22H16N2O4/c1-27-11-3-5-17-13(7-11)15(9-23-17)19-20(22(26)21(19)25)16-10-24-18-6-4-12(28-2)8-14(16)18/h3-10,23-24H,1-2H3. The SMILES string of the molecule is COc1ccc2[nH]cc(-c3c(-c4c[nH]c5ccc(OC)cc45)c(=O)c3=O)c2c1. The van der Waals surface area contributed by atoms with Gasteiger partial charge in [0.1, 0.15) is 11.5 Å². The molecule has 0 bridgehead atoms. The van der Waals surface area contributed by atoms with E-state index < -0.39 is 10.9 Å². The summed E-state index contributed by atoms with van der Waals surface area (Å²) in [6.45, 7) is 0. The van der Waals surface area contributed by atoms with Crippen molar-refractivity contribution in [3.63, 3.8) is 0 Å². The summed E-state index contributed by atoms with van der Waals surface area (Å²) in [5, 5.41) is 1.68. The van der Waals surface area contributed by atoms with Crippen molar-refractivity contribution in [2.75, 3.05) is 14.2 Å². The molecule has 6 heteroatoms. The Kier molecular flexibility index (Phi) is 3.42. The third-order valence-electron chi connectivity index (χ3n) is 5.23. The number of benzene rings is 2. The van der Waals surface area contributed by atoms with Crippen molar-refractivity contribution in [1.29, 1.82) is 0 Å². The molecule has 0 fully saturated rings. The monoisotopic (exact) mass is 372 g/mol. The summed E-state index contributed by atoms with van der Waals surface area (Å²) in [5.41, 5.74) is 3.04. The number of methoxy groups -OCH3 is 2. The molecule has 0 aliphatic rings. The van der Waals surface area contributed by atoms with E-state index in [9.17, 15) is 9.59 Å². The van der Waals surface area contributed by atoms with Crippen LogP contribution < -0.4 is 20.3 Å². The van der Waals surface area contributed by atoms with Gasteiger partial charge in [-0.2, -0.15) is 0 Å². The lowest BCUT2D eigenvalue weighted by Crippen LogP contribution is -2.34. The molecule has 0 atom stereocenters. The van der Waals surface area contributed by atoms with Crippen LogP contribution in [-0.2, 0) is 0 Å². The van der Waals surface area contributed by atoms with Crippen molar-refractivity contribution in [2.24, 2.45) is 0 Å². The topological polar surface area (TPSA) is 84.2 Å². The van der Waals surface area contributed by atoms with E-state index in [2.05, 4.69) is 9.97 Å². The predicted molar refractivity (Wildman–Crippen MR) is 109 cm³/mol. The maximum absolute atomic E-state index is 12.5. The lowest BCUT2D eigenvalue weighted by molar-refractivity contribution is 0.415. The number of nitrogens with one attached hydrogen (secondary N) is 2. The molecule has 0 saturated heterocycles. The molecule has 0 amide bonds. The molecule has 3 aromatic carbocycles. The maximum atomic E-state index is 12.5. The molecule has 0 spiro atoms. The van der Waals surface area contributed by atoms with Crippen LogP contribution in [0.5, 0.6) is 11.5 Å². The molecule has 0 saturated carbocycles. The highest BCUT2D eigenvalue weighted by Crippen LogP contribution is 2.38. The smallest absolute Gasteiger partial charge is 0.235 e. The van der Waals surface area contributed by atoms with Gasteiger partial charge in [-0.1, -0.05) is 0 Å². The molecule has 0 aliphatic heterocycles. The second kappa shape index (κ2) is 5.85. The van der Waals surface area contributed by atoms with E-state index in [1.54, 1.807) is 26.6 Å². The second-order valence-corrected chi connectivity index (χ2v) is 6.64. The lowest BCUT2D eigenvalue weighted by Gasteiger charge is -2.10. The molecular formula is C22H16N2O4. The van der Waals surface area contributed by atoms with Crippen molar-refractivity contribution >= 4 is 21.8 Å². The van der Waals surface area contributed by atoms with Crippen molar-refractivity contribution in [1.82, 2.24) is 9.97 Å². The van der Waals surface area contributed by atoms with Gasteiger partial charge >= 0.3 is 0 Å². The number of ether oxygens (including phenoxy) is 2. The molecule has 0 unspecified atom stereocenters. The maximum Gasteiger partial charge on any atom is 0.235 e. The van der Waals surface area contributed by atoms with Gasteiger partial charge in [0.15, 0.2) is 0 Å². The molecule has 2 heterocycles. The molecule has 2 N–H and O–H groups in total. The van der Waals surface area contributed by atoms with E-state index in [0.29, 0.717) is 33.8 Å². The zero-order valence-corrected chi connectivity index (χ0v) is 15.3. The average molecular weight is 372 g/mol. The number of H-pyrrole nitrogens is 2. The predicted octanol–water partition coefficient (Wildman–Crippen LogP) is 3.60. The van der Waals surface area contributed by atoms with Gasteiger partial charge in [0.25, 0.3) is 0 Å². The van der Waals surface area contributed by atoms with Crippen molar-refractivity contribution in [3.8, 4) is 33.8 Å². The molecule has 138 valence electrons. The number of aromatic nitrogens is 2. The fourth-order valence-corrected chi connectivity index (χ4v) is 3.77. The summed E-state index contributed by atoms with van der Waals surface area (Å²) in [5.74, 6) is 1.37. The van der Waals surface area contributed by atoms with E-state index in [0.717, 1.165) is 21.8 Å². The van der Waals surface area contributed by atoms with Gasteiger partial charge in [-0.15, -0.1) is 0 Å². The fraction of sp³-hybridized carbons (Fsp3) is 0.0909. The van der Waals surface area contributed by atoms with E-state index in [1.165, 1.54) is 0 Å². The van der Waals surface area contributed by atoms with Crippen LogP contribution in [0.4, 0.5) is 0 Å². The van der Waals surface area contributed by atoms with Crippen molar-refractivity contribution < 1.29 is 9.47 Å². The zero-order chi connectivity index (χ0) is 19.4. The summed E-state index contributed by atoms with van der Waals surface area (Å²) in [6.07, 6.45) is 3.53. The van der Waals surface area contributed by atoms with E-state index >= 15 is 0 Å². The van der Waals surface area contributed by atoms with Gasteiger partial charge in [-0.25, -0.2) is 0 Å². The average Bonchev–Trinajstić information content (AvgIpc) is 3.33. The number of rotatable bonds is 4. The Bertz CT molecular complexity index is 1320. The van der Waals surface area contributed by atoms with E-state index in [1.807, 2.05) is 36.4 Å². The molecule has 0 radical (unpaired) electrons. The number of hydrogen-bond acceptors (Lipinski definition) is 4. The van der Waals surface area contributed by atoms with Gasteiger partial charge in [-0.05, 0) is 36.4 Å². The number of aromatic amines is 2. The quantitative estimate of drug-likeness (QED) is 0.472. The van der Waals surface area contributed by atoms with Crippen LogP contribution in [0.25, 0.3) is 44.1 Å². The Labute approximate surface area is 159 Å². The second-order valence-electron chi connectivity index (χ2n) is 6.64. The van der Waals surface area contributed by atoms with Gasteiger partial charge in [-0.3, -0.25) is 9.59 Å². The number of fused-ring (bicyclic) bond motifs is 2. The molecule has 6 nitrogen and oxygen atoms in total. The molecule has 2 aromatic heterocycles. The summed E-state index contributed by atoms with van der Waals surface area (Å²) >= 11 is 0. The van der Waals surface area contributed by atoms with Crippen LogP contribution in [-0.4, -0.2) is 24.2 Å². The van der Waals surface area contributed by atoms with Gasteiger partial charge in [0, 0.05) is 56.5 Å². The first-order valence-electron chi connectivity index (χ1n) is 8.76. The highest BCUT2D eigenvalue weighted by atomic mass is 16.5. The zero-order valence-electron chi connectivity index (χ0n) is 15.3. The first-order chi connectivity index (χ1) is 13.6. The summed E-state index contributed by atoms with van der Waals surface area (Å²) in [7, 11) is 3.19. The molecule has 5 rings (SSSR count). The fourth-order valence-electron chi connectivity index (χ4n) is 3.77. The van der Waals surface area contributed by atoms with Crippen molar-refractivity contribution in [3.05, 3.63) is 69.2 Å². The van der Waals surface area contributed by atoms with Crippen LogP contribution in [0.15, 0.2) is 58.4 Å². The van der Waals surface area contributed by atoms with Gasteiger partial charge in [0.2, 0.25) is 10.9 Å². The first-order valence-corrected chi connectivity index (χ1v) is 8.76. The summed E-state index contributed by atoms with van der Waals surface area (Å²) < 4.78 is 10.6. The van der Waals surface area contributed by atoms with Crippen LogP contribution in [0, 0.1) is 0 Å². The third kappa shape index (κ3) is 2.15. The minimum Gasteiger partial charge on any atom is -0.497 e. The van der Waals surface area contributed by atoms with E-state index in [4.69, 9.17) is 9.47 Å². The molecule has 5 aromatic rings. The Balaban J connectivity index is 1.77. The Morgan fingerprint density at radius 3 is 1.50 bits per heavy atom. The van der Waals surface area contributed by atoms with E-state index in [-0.39, 0.29) is 0 Å². The van der Waals surface area contributed by atoms with Crippen LogP contribution in [0.2, 0.25) is 0 Å².